The van der Waals surface area contributed by atoms with E-state index in [1.807, 2.05) is 25.1 Å². The number of amides is 1. The van der Waals surface area contributed by atoms with Gasteiger partial charge in [-0.3, -0.25) is 9.79 Å². The number of hydrogen-bond donors (Lipinski definition) is 0. The van der Waals surface area contributed by atoms with Crippen LogP contribution in [0.2, 0.25) is 0 Å². The van der Waals surface area contributed by atoms with E-state index in [2.05, 4.69) is 43.9 Å². The van der Waals surface area contributed by atoms with Gasteiger partial charge >= 0.3 is 5.24 Å². The molecule has 0 aliphatic carbocycles. The van der Waals surface area contributed by atoms with Crippen LogP contribution in [0.1, 0.15) is 50.8 Å². The second-order valence-electron chi connectivity index (χ2n) is 9.01. The van der Waals surface area contributed by atoms with Crippen LogP contribution in [0.5, 0.6) is 11.5 Å². The Bertz CT molecular complexity index is 1180. The molecule has 8 heteroatoms. The van der Waals surface area contributed by atoms with Crippen molar-refractivity contribution in [3.8, 4) is 11.5 Å². The summed E-state index contributed by atoms with van der Waals surface area (Å²) < 4.78 is 10.6. The number of hydrogen-bond acceptors (Lipinski definition) is 6. The largest absolute Gasteiger partial charge is 0.493 e. The number of carbonyl (C=O) groups excluding carboxylic acids is 1. The Morgan fingerprint density at radius 3 is 2.57 bits per heavy atom. The van der Waals surface area contributed by atoms with Crippen molar-refractivity contribution >= 4 is 34.2 Å². The fourth-order valence-electron chi connectivity index (χ4n) is 4.63. The van der Waals surface area contributed by atoms with Crippen molar-refractivity contribution < 1.29 is 14.3 Å². The highest BCUT2D eigenvalue weighted by Crippen LogP contribution is 2.38. The number of benzene rings is 2. The molecular formula is C27H34N4O3S. The summed E-state index contributed by atoms with van der Waals surface area (Å²) in [5, 5.41) is 6.29. The van der Waals surface area contributed by atoms with E-state index in [0.29, 0.717) is 24.6 Å². The minimum Gasteiger partial charge on any atom is -0.493 e. The fraction of sp³-hybridized carbons (Fsp3) is 0.444. The maximum Gasteiger partial charge on any atom is 0.302 e. The summed E-state index contributed by atoms with van der Waals surface area (Å²) in [7, 11) is 3.29. The van der Waals surface area contributed by atoms with E-state index in [4.69, 9.17) is 19.6 Å². The first-order chi connectivity index (χ1) is 16.8. The summed E-state index contributed by atoms with van der Waals surface area (Å²) >= 11 is 1.34. The van der Waals surface area contributed by atoms with E-state index < -0.39 is 0 Å². The van der Waals surface area contributed by atoms with Gasteiger partial charge in [-0.15, -0.1) is 0 Å². The summed E-state index contributed by atoms with van der Waals surface area (Å²) in [6.45, 7) is 10.3. The second-order valence-corrected chi connectivity index (χ2v) is 10.6. The van der Waals surface area contributed by atoms with Crippen LogP contribution in [-0.2, 0) is 6.42 Å². The van der Waals surface area contributed by atoms with Crippen molar-refractivity contribution in [2.45, 2.75) is 45.3 Å². The van der Waals surface area contributed by atoms with E-state index in [1.54, 1.807) is 19.2 Å². The molecule has 0 unspecified atom stereocenters. The molecule has 4 rings (SSSR count). The highest BCUT2D eigenvalue weighted by atomic mass is 32.2. The normalized spacial score (nSPS) is 17.7. The average Bonchev–Trinajstić information content (AvgIpc) is 2.86. The Morgan fingerprint density at radius 1 is 1.11 bits per heavy atom. The molecule has 7 nitrogen and oxygen atoms in total. The number of nitrogens with zero attached hydrogens (tertiary/aromatic N) is 4. The van der Waals surface area contributed by atoms with E-state index >= 15 is 0 Å². The van der Waals surface area contributed by atoms with Crippen LogP contribution >= 0.6 is 11.8 Å². The lowest BCUT2D eigenvalue weighted by Gasteiger charge is -2.35. The number of thioether (sulfide) groups is 1. The Morgan fingerprint density at radius 2 is 1.89 bits per heavy atom. The van der Waals surface area contributed by atoms with Crippen LogP contribution in [-0.4, -0.2) is 60.4 Å². The molecule has 0 aromatic heterocycles. The molecule has 0 atom stereocenters. The minimum absolute atomic E-state index is 0.000670. The number of aryl methyl sites for hydroxylation is 1. The first kappa shape index (κ1) is 25.1. The quantitative estimate of drug-likeness (QED) is 0.387. The predicted octanol–water partition coefficient (Wildman–Crippen LogP) is 5.59. The van der Waals surface area contributed by atoms with Gasteiger partial charge in [0.25, 0.3) is 0 Å². The lowest BCUT2D eigenvalue weighted by Crippen LogP contribution is -2.41. The number of ether oxygens (including phenoxy) is 2. The Kier molecular flexibility index (Phi) is 7.40. The molecule has 2 aliphatic heterocycles. The van der Waals surface area contributed by atoms with Gasteiger partial charge in [0.05, 0.1) is 24.7 Å². The van der Waals surface area contributed by atoms with E-state index in [1.165, 1.54) is 17.3 Å². The SMILES string of the molecule is CCN=C(c1ccc(OC)c(OC)c1)N1CCCc2cc(C3=NN(CC)C(=O)SC3(C)C)ccc21. The van der Waals surface area contributed by atoms with Crippen molar-refractivity contribution in [3.05, 3.63) is 53.1 Å². The molecular weight excluding hydrogens is 460 g/mol. The van der Waals surface area contributed by atoms with Gasteiger partial charge in [0.15, 0.2) is 11.5 Å². The monoisotopic (exact) mass is 494 g/mol. The van der Waals surface area contributed by atoms with Gasteiger partial charge < -0.3 is 14.4 Å². The van der Waals surface area contributed by atoms with Crippen LogP contribution in [0, 0.1) is 0 Å². The zero-order valence-electron chi connectivity index (χ0n) is 21.4. The van der Waals surface area contributed by atoms with Gasteiger partial charge in [-0.1, -0.05) is 17.8 Å². The molecule has 0 N–H and O–H groups in total. The van der Waals surface area contributed by atoms with Crippen LogP contribution in [0.4, 0.5) is 10.5 Å². The van der Waals surface area contributed by atoms with Crippen LogP contribution in [0.15, 0.2) is 46.5 Å². The number of amidine groups is 1. The number of carbonyl (C=O) groups is 1. The van der Waals surface area contributed by atoms with Crippen molar-refractivity contribution in [2.24, 2.45) is 10.1 Å². The highest BCUT2D eigenvalue weighted by Gasteiger charge is 2.37. The Labute approximate surface area is 212 Å². The average molecular weight is 495 g/mol. The molecule has 2 aromatic carbocycles. The molecule has 1 amide bonds. The summed E-state index contributed by atoms with van der Waals surface area (Å²) in [4.78, 5) is 19.6. The van der Waals surface area contributed by atoms with Gasteiger partial charge in [-0.2, -0.15) is 5.10 Å². The molecule has 0 saturated carbocycles. The number of methoxy groups -OCH3 is 2. The number of hydrazone groups is 1. The second kappa shape index (κ2) is 10.3. The van der Waals surface area contributed by atoms with Gasteiger partial charge in [-0.05, 0) is 82.0 Å². The summed E-state index contributed by atoms with van der Waals surface area (Å²) in [6, 6.07) is 12.5. The first-order valence-corrected chi connectivity index (χ1v) is 12.9. The maximum atomic E-state index is 12.4. The molecule has 0 bridgehead atoms. The molecule has 2 heterocycles. The van der Waals surface area contributed by atoms with Crippen molar-refractivity contribution in [3.63, 3.8) is 0 Å². The van der Waals surface area contributed by atoms with E-state index in [9.17, 15) is 4.79 Å². The number of anilines is 1. The fourth-order valence-corrected chi connectivity index (χ4v) is 5.60. The lowest BCUT2D eigenvalue weighted by molar-refractivity contribution is 0.226. The summed E-state index contributed by atoms with van der Waals surface area (Å²) in [5.41, 5.74) is 5.42. The van der Waals surface area contributed by atoms with Crippen LogP contribution in [0.25, 0.3) is 0 Å². The lowest BCUT2D eigenvalue weighted by atomic mass is 9.93. The molecule has 2 aliphatic rings. The number of aliphatic imine (C=N–C) groups is 1. The molecule has 0 saturated heterocycles. The van der Waals surface area contributed by atoms with E-state index in [-0.39, 0.29) is 9.99 Å². The van der Waals surface area contributed by atoms with Gasteiger partial charge in [0.1, 0.15) is 5.84 Å². The molecule has 0 fully saturated rings. The molecule has 0 radical (unpaired) electrons. The third-order valence-electron chi connectivity index (χ3n) is 6.32. The Balaban J connectivity index is 1.74. The van der Waals surface area contributed by atoms with Crippen LogP contribution < -0.4 is 14.4 Å². The first-order valence-electron chi connectivity index (χ1n) is 12.1. The summed E-state index contributed by atoms with van der Waals surface area (Å²) in [5.74, 6) is 2.31. The molecule has 2 aromatic rings. The highest BCUT2D eigenvalue weighted by molar-refractivity contribution is 8.15. The van der Waals surface area contributed by atoms with Crippen molar-refractivity contribution in [2.75, 3.05) is 38.8 Å². The van der Waals surface area contributed by atoms with Gasteiger partial charge in [-0.25, -0.2) is 5.01 Å². The topological polar surface area (TPSA) is 66.7 Å². The Hall–Kier alpha value is -3.00. The predicted molar refractivity (Wildman–Crippen MR) is 145 cm³/mol. The third kappa shape index (κ3) is 4.89. The van der Waals surface area contributed by atoms with Crippen molar-refractivity contribution in [1.29, 1.82) is 0 Å². The van der Waals surface area contributed by atoms with Gasteiger partial charge in [0.2, 0.25) is 0 Å². The number of rotatable bonds is 6. The molecule has 0 spiro atoms. The smallest absolute Gasteiger partial charge is 0.302 e. The zero-order chi connectivity index (χ0) is 25.2. The van der Waals surface area contributed by atoms with Crippen molar-refractivity contribution in [1.82, 2.24) is 5.01 Å². The van der Waals surface area contributed by atoms with E-state index in [0.717, 1.165) is 47.7 Å². The van der Waals surface area contributed by atoms with Crippen LogP contribution in [0.3, 0.4) is 0 Å². The molecule has 186 valence electrons. The summed E-state index contributed by atoms with van der Waals surface area (Å²) in [6.07, 6.45) is 2.01. The molecule has 35 heavy (non-hydrogen) atoms. The maximum absolute atomic E-state index is 12.4. The minimum atomic E-state index is -0.389. The van der Waals surface area contributed by atoms with Gasteiger partial charge in [0, 0.05) is 30.9 Å². The zero-order valence-corrected chi connectivity index (χ0v) is 22.2. The number of fused-ring (bicyclic) bond motifs is 1. The standard InChI is InChI=1S/C27H34N4O3S/c1-7-28-25(20-12-14-22(33-5)23(17-20)34-6)30-15-9-10-18-16-19(11-13-21(18)30)24-27(3,4)35-26(32)31(8-2)29-24/h11-14,16-17H,7-10,15H2,1-6H3. The third-order valence-corrected chi connectivity index (χ3v) is 7.41.